The quantitative estimate of drug-likeness (QED) is 0.717. The number of methoxy groups -OCH3 is 1. The van der Waals surface area contributed by atoms with Gasteiger partial charge in [-0.15, -0.1) is 11.3 Å². The Morgan fingerprint density at radius 3 is 2.72 bits per heavy atom. The first-order valence-corrected chi connectivity index (χ1v) is 8.85. The first kappa shape index (κ1) is 15.8. The number of carbonyl (C=O) groups excluding carboxylic acids is 1. The van der Waals surface area contributed by atoms with Crippen LogP contribution in [0.25, 0.3) is 11.1 Å². The lowest BCUT2D eigenvalue weighted by molar-refractivity contribution is -0.116. The summed E-state index contributed by atoms with van der Waals surface area (Å²) < 4.78 is 18.8. The number of amides is 1. The van der Waals surface area contributed by atoms with Crippen molar-refractivity contribution in [2.24, 2.45) is 0 Å². The van der Waals surface area contributed by atoms with Gasteiger partial charge < -0.3 is 10.1 Å². The van der Waals surface area contributed by atoms with E-state index >= 15 is 0 Å². The molecule has 0 aliphatic carbocycles. The summed E-state index contributed by atoms with van der Waals surface area (Å²) in [5, 5.41) is 5.04. The monoisotopic (exact) mass is 353 g/mol. The largest absolute Gasteiger partial charge is 0.497 e. The van der Waals surface area contributed by atoms with Gasteiger partial charge in [-0.1, -0.05) is 24.3 Å². The van der Waals surface area contributed by atoms with Gasteiger partial charge >= 0.3 is 0 Å². The second-order valence-electron chi connectivity index (χ2n) is 5.98. The maximum absolute atomic E-state index is 13.6. The van der Waals surface area contributed by atoms with E-state index in [1.54, 1.807) is 24.5 Å². The number of hydrogen-bond donors (Lipinski definition) is 1. The highest BCUT2D eigenvalue weighted by atomic mass is 32.1. The third-order valence-corrected chi connectivity index (χ3v) is 5.54. The van der Waals surface area contributed by atoms with Crippen molar-refractivity contribution in [2.75, 3.05) is 12.4 Å². The maximum Gasteiger partial charge on any atom is 0.225 e. The summed E-state index contributed by atoms with van der Waals surface area (Å²) in [6.07, 6.45) is 0.332. The van der Waals surface area contributed by atoms with Gasteiger partial charge in [-0.05, 0) is 35.4 Å². The Bertz CT molecular complexity index is 933. The molecule has 1 N–H and O–H groups in total. The first-order chi connectivity index (χ1) is 12.2. The van der Waals surface area contributed by atoms with E-state index in [4.69, 9.17) is 4.74 Å². The fourth-order valence-electron chi connectivity index (χ4n) is 3.20. The van der Waals surface area contributed by atoms with E-state index in [-0.39, 0.29) is 17.6 Å². The number of nitrogens with one attached hydrogen (secondary N) is 1. The van der Waals surface area contributed by atoms with Gasteiger partial charge in [0.1, 0.15) is 11.6 Å². The van der Waals surface area contributed by atoms with Gasteiger partial charge in [0.15, 0.2) is 0 Å². The number of carbonyl (C=O) groups is 1. The molecule has 2 aromatic carbocycles. The molecule has 0 spiro atoms. The molecule has 0 unspecified atom stereocenters. The van der Waals surface area contributed by atoms with Crippen molar-refractivity contribution in [2.45, 2.75) is 12.3 Å². The van der Waals surface area contributed by atoms with E-state index in [2.05, 4.69) is 5.32 Å². The van der Waals surface area contributed by atoms with Crippen molar-refractivity contribution in [1.82, 2.24) is 0 Å². The van der Waals surface area contributed by atoms with Crippen LogP contribution in [-0.2, 0) is 4.79 Å². The van der Waals surface area contributed by atoms with Crippen LogP contribution >= 0.6 is 11.3 Å². The molecule has 0 saturated heterocycles. The molecule has 0 saturated carbocycles. The van der Waals surface area contributed by atoms with Gasteiger partial charge in [0.05, 0.1) is 12.8 Å². The minimum atomic E-state index is -0.281. The van der Waals surface area contributed by atoms with Crippen LogP contribution in [0.5, 0.6) is 5.75 Å². The lowest BCUT2D eigenvalue weighted by Gasteiger charge is -2.24. The molecule has 1 aliphatic rings. The Morgan fingerprint density at radius 2 is 2.00 bits per heavy atom. The van der Waals surface area contributed by atoms with E-state index in [0.717, 1.165) is 33.0 Å². The third kappa shape index (κ3) is 2.91. The van der Waals surface area contributed by atoms with Crippen molar-refractivity contribution in [1.29, 1.82) is 0 Å². The fraction of sp³-hybridized carbons (Fsp3) is 0.150. The molecule has 126 valence electrons. The Kier molecular flexibility index (Phi) is 4.01. The highest BCUT2D eigenvalue weighted by Gasteiger charge is 2.30. The molecule has 3 nitrogen and oxygen atoms in total. The Labute approximate surface area is 149 Å². The molecule has 0 bridgehead atoms. The van der Waals surface area contributed by atoms with Crippen molar-refractivity contribution in [3.8, 4) is 16.9 Å². The number of hydrogen-bond acceptors (Lipinski definition) is 3. The molecule has 1 atom stereocenters. The lowest BCUT2D eigenvalue weighted by Crippen LogP contribution is -2.22. The van der Waals surface area contributed by atoms with Crippen LogP contribution in [0.1, 0.15) is 22.8 Å². The van der Waals surface area contributed by atoms with E-state index in [9.17, 15) is 9.18 Å². The van der Waals surface area contributed by atoms with E-state index in [1.165, 1.54) is 12.1 Å². The summed E-state index contributed by atoms with van der Waals surface area (Å²) in [6, 6.07) is 14.2. The third-order valence-electron chi connectivity index (χ3n) is 4.44. The van der Waals surface area contributed by atoms with Crippen LogP contribution in [-0.4, -0.2) is 13.0 Å². The predicted molar refractivity (Wildman–Crippen MR) is 97.8 cm³/mol. The van der Waals surface area contributed by atoms with Gasteiger partial charge in [0.25, 0.3) is 0 Å². The van der Waals surface area contributed by atoms with Crippen LogP contribution in [0.4, 0.5) is 10.1 Å². The second kappa shape index (κ2) is 6.33. The Balaban J connectivity index is 1.78. The summed E-state index contributed by atoms with van der Waals surface area (Å²) in [7, 11) is 1.63. The van der Waals surface area contributed by atoms with Crippen molar-refractivity contribution in [3.05, 3.63) is 70.2 Å². The second-order valence-corrected chi connectivity index (χ2v) is 6.89. The zero-order valence-electron chi connectivity index (χ0n) is 13.6. The molecule has 1 aromatic heterocycles. The molecule has 25 heavy (non-hydrogen) atoms. The molecule has 2 heterocycles. The predicted octanol–water partition coefficient (Wildman–Crippen LogP) is 5.04. The Morgan fingerprint density at radius 1 is 1.20 bits per heavy atom. The summed E-state index contributed by atoms with van der Waals surface area (Å²) in [5.41, 5.74) is 3.66. The Hall–Kier alpha value is -2.66. The number of fused-ring (bicyclic) bond motifs is 1. The van der Waals surface area contributed by atoms with Crippen molar-refractivity contribution >= 4 is 22.9 Å². The van der Waals surface area contributed by atoms with Crippen LogP contribution in [0, 0.1) is 5.82 Å². The van der Waals surface area contributed by atoms with Gasteiger partial charge in [-0.25, -0.2) is 4.39 Å². The van der Waals surface area contributed by atoms with Crippen LogP contribution in [0.3, 0.4) is 0 Å². The van der Waals surface area contributed by atoms with Gasteiger partial charge in [-0.3, -0.25) is 4.79 Å². The molecule has 1 amide bonds. The maximum atomic E-state index is 13.6. The van der Waals surface area contributed by atoms with Crippen LogP contribution in [0.2, 0.25) is 0 Å². The lowest BCUT2D eigenvalue weighted by atomic mass is 9.89. The summed E-state index contributed by atoms with van der Waals surface area (Å²) >= 11 is 1.60. The number of thiophene rings is 1. The zero-order valence-corrected chi connectivity index (χ0v) is 14.4. The molecular formula is C20H16FNO2S. The zero-order chi connectivity index (χ0) is 17.4. The molecule has 5 heteroatoms. The standard InChI is InChI=1S/C20H16FNO2S/c1-24-15-7-5-12(6-8-15)17-11-25-20-16(10-18(23)22-19(17)20)13-3-2-4-14(21)9-13/h2-9,11,16H,10H2,1H3,(H,22,23)/t16-/m1/s1. The normalized spacial score (nSPS) is 16.2. The molecular weight excluding hydrogens is 337 g/mol. The first-order valence-electron chi connectivity index (χ1n) is 7.97. The highest BCUT2D eigenvalue weighted by molar-refractivity contribution is 7.11. The van der Waals surface area contributed by atoms with Gasteiger partial charge in [0, 0.05) is 28.2 Å². The number of rotatable bonds is 3. The van der Waals surface area contributed by atoms with E-state index in [0.29, 0.717) is 6.42 Å². The number of halogens is 1. The average Bonchev–Trinajstić information content (AvgIpc) is 3.04. The fourth-order valence-corrected chi connectivity index (χ4v) is 4.36. The summed E-state index contributed by atoms with van der Waals surface area (Å²) in [5.74, 6) is 0.345. The highest BCUT2D eigenvalue weighted by Crippen LogP contribution is 2.46. The van der Waals surface area contributed by atoms with Crippen LogP contribution < -0.4 is 10.1 Å². The molecule has 1 aliphatic heterocycles. The smallest absolute Gasteiger partial charge is 0.225 e. The molecule has 3 aromatic rings. The van der Waals surface area contributed by atoms with E-state index in [1.807, 2.05) is 35.7 Å². The van der Waals surface area contributed by atoms with Crippen molar-refractivity contribution in [3.63, 3.8) is 0 Å². The topological polar surface area (TPSA) is 38.3 Å². The van der Waals surface area contributed by atoms with Crippen molar-refractivity contribution < 1.29 is 13.9 Å². The SMILES string of the molecule is COc1ccc(-c2csc3c2NC(=O)C[C@@H]3c2cccc(F)c2)cc1. The molecule has 0 radical (unpaired) electrons. The summed E-state index contributed by atoms with van der Waals surface area (Å²) in [6.45, 7) is 0. The molecule has 0 fully saturated rings. The number of benzene rings is 2. The minimum Gasteiger partial charge on any atom is -0.497 e. The number of anilines is 1. The number of ether oxygens (including phenoxy) is 1. The van der Waals surface area contributed by atoms with Gasteiger partial charge in [-0.2, -0.15) is 0 Å². The van der Waals surface area contributed by atoms with E-state index < -0.39 is 0 Å². The minimum absolute atomic E-state index is 0.0464. The average molecular weight is 353 g/mol. The summed E-state index contributed by atoms with van der Waals surface area (Å²) in [4.78, 5) is 13.3. The van der Waals surface area contributed by atoms with Gasteiger partial charge in [0.2, 0.25) is 5.91 Å². The molecule has 4 rings (SSSR count). The van der Waals surface area contributed by atoms with Crippen LogP contribution in [0.15, 0.2) is 53.9 Å².